The number of hydrogen-bond donors (Lipinski definition) is 1. The van der Waals surface area contributed by atoms with Crippen molar-refractivity contribution in [2.24, 2.45) is 5.10 Å². The Labute approximate surface area is 225 Å². The van der Waals surface area contributed by atoms with E-state index in [9.17, 15) is 17.6 Å². The Balaban J connectivity index is 1.40. The summed E-state index contributed by atoms with van der Waals surface area (Å²) >= 11 is 5.99. The van der Waals surface area contributed by atoms with Gasteiger partial charge in [0.25, 0.3) is 15.9 Å². The van der Waals surface area contributed by atoms with Crippen molar-refractivity contribution < 1.29 is 22.3 Å². The van der Waals surface area contributed by atoms with Gasteiger partial charge in [-0.1, -0.05) is 54.1 Å². The van der Waals surface area contributed by atoms with E-state index in [1.165, 1.54) is 36.5 Å². The molecule has 1 amide bonds. The highest BCUT2D eigenvalue weighted by molar-refractivity contribution is 7.92. The van der Waals surface area contributed by atoms with E-state index >= 15 is 0 Å². The zero-order valence-electron chi connectivity index (χ0n) is 20.0. The van der Waals surface area contributed by atoms with Gasteiger partial charge in [0.1, 0.15) is 24.7 Å². The topological polar surface area (TPSA) is 88.1 Å². The van der Waals surface area contributed by atoms with Crippen LogP contribution in [0.2, 0.25) is 5.02 Å². The average Bonchev–Trinajstić information content (AvgIpc) is 2.92. The van der Waals surface area contributed by atoms with Crippen molar-refractivity contribution >= 4 is 39.4 Å². The lowest BCUT2D eigenvalue weighted by Gasteiger charge is -2.24. The molecule has 0 aliphatic carbocycles. The SMILES string of the molecule is O=C(CN(c1ccccc1F)S(=O)(=O)c1ccccc1)N/N=C\c1ccc(OCc2cccc(Cl)c2)cc1. The summed E-state index contributed by atoms with van der Waals surface area (Å²) < 4.78 is 47.4. The Morgan fingerprint density at radius 3 is 2.37 bits per heavy atom. The molecular weight excluding hydrogens is 529 g/mol. The third-order valence-electron chi connectivity index (χ3n) is 5.32. The van der Waals surface area contributed by atoms with Gasteiger partial charge in [-0.2, -0.15) is 5.10 Å². The van der Waals surface area contributed by atoms with E-state index in [1.807, 2.05) is 18.2 Å². The summed E-state index contributed by atoms with van der Waals surface area (Å²) in [6.07, 6.45) is 1.40. The van der Waals surface area contributed by atoms with Crippen LogP contribution in [0.1, 0.15) is 11.1 Å². The van der Waals surface area contributed by atoms with Crippen LogP contribution >= 0.6 is 11.6 Å². The molecule has 0 aromatic heterocycles. The number of benzene rings is 4. The van der Waals surface area contributed by atoms with Gasteiger partial charge in [-0.05, 0) is 71.8 Å². The molecule has 0 bridgehead atoms. The number of amides is 1. The predicted molar refractivity (Wildman–Crippen MR) is 145 cm³/mol. The van der Waals surface area contributed by atoms with Crippen LogP contribution < -0.4 is 14.5 Å². The summed E-state index contributed by atoms with van der Waals surface area (Å²) in [7, 11) is -4.22. The standard InChI is InChI=1S/C28H23ClFN3O4S/c29-23-8-6-7-22(17-23)20-37-24-15-13-21(14-16-24)18-31-32-28(34)19-33(27-12-5-4-11-26(27)30)38(35,36)25-9-2-1-3-10-25/h1-18H,19-20H2,(H,32,34)/b31-18-. The third kappa shape index (κ3) is 6.96. The second kappa shape index (κ2) is 12.4. The Morgan fingerprint density at radius 2 is 1.66 bits per heavy atom. The number of anilines is 1. The number of carbonyl (C=O) groups is 1. The van der Waals surface area contributed by atoms with Crippen LogP contribution in [0.4, 0.5) is 10.1 Å². The average molecular weight is 552 g/mol. The number of hydrogen-bond acceptors (Lipinski definition) is 5. The Bertz CT molecular complexity index is 1530. The van der Waals surface area contributed by atoms with Crippen molar-refractivity contribution in [1.29, 1.82) is 0 Å². The summed E-state index contributed by atoms with van der Waals surface area (Å²) in [4.78, 5) is 12.5. The highest BCUT2D eigenvalue weighted by Crippen LogP contribution is 2.26. The first-order valence-electron chi connectivity index (χ1n) is 11.4. The number of hydrazone groups is 1. The van der Waals surface area contributed by atoms with E-state index in [-0.39, 0.29) is 10.6 Å². The number of para-hydroxylation sites is 1. The Hall–Kier alpha value is -4.21. The van der Waals surface area contributed by atoms with Crippen molar-refractivity contribution in [3.63, 3.8) is 0 Å². The van der Waals surface area contributed by atoms with E-state index in [4.69, 9.17) is 16.3 Å². The zero-order valence-corrected chi connectivity index (χ0v) is 21.6. The summed E-state index contributed by atoms with van der Waals surface area (Å²) in [5, 5.41) is 4.54. The van der Waals surface area contributed by atoms with Gasteiger partial charge in [0.05, 0.1) is 16.8 Å². The summed E-state index contributed by atoms with van der Waals surface area (Å²) in [6, 6.07) is 27.2. The first kappa shape index (κ1) is 26.8. The molecule has 4 aromatic rings. The summed E-state index contributed by atoms with van der Waals surface area (Å²) in [5.41, 5.74) is 3.66. The number of sulfonamides is 1. The molecule has 4 rings (SSSR count). The minimum absolute atomic E-state index is 0.0720. The van der Waals surface area contributed by atoms with Crippen molar-refractivity contribution in [3.05, 3.63) is 125 Å². The fraction of sp³-hybridized carbons (Fsp3) is 0.0714. The molecule has 0 saturated carbocycles. The lowest BCUT2D eigenvalue weighted by Crippen LogP contribution is -2.40. The molecule has 0 spiro atoms. The van der Waals surface area contributed by atoms with E-state index in [2.05, 4.69) is 10.5 Å². The second-order valence-electron chi connectivity index (χ2n) is 8.06. The summed E-state index contributed by atoms with van der Waals surface area (Å²) in [5.74, 6) is -0.885. The molecule has 0 radical (unpaired) electrons. The van der Waals surface area contributed by atoms with E-state index in [1.54, 1.807) is 48.5 Å². The number of carbonyl (C=O) groups excluding carboxylic acids is 1. The van der Waals surface area contributed by atoms with Crippen molar-refractivity contribution in [2.45, 2.75) is 11.5 Å². The fourth-order valence-electron chi connectivity index (χ4n) is 3.46. The van der Waals surface area contributed by atoms with Gasteiger partial charge in [-0.3, -0.25) is 9.10 Å². The molecule has 0 atom stereocenters. The molecule has 194 valence electrons. The van der Waals surface area contributed by atoms with E-state index in [0.717, 1.165) is 11.6 Å². The second-order valence-corrected chi connectivity index (χ2v) is 10.4. The molecular formula is C28H23ClFN3O4S. The van der Waals surface area contributed by atoms with Gasteiger partial charge in [0.2, 0.25) is 0 Å². The van der Waals surface area contributed by atoms with Crippen LogP contribution in [0, 0.1) is 5.82 Å². The van der Waals surface area contributed by atoms with Crippen molar-refractivity contribution in [3.8, 4) is 5.75 Å². The molecule has 1 N–H and O–H groups in total. The van der Waals surface area contributed by atoms with Crippen LogP contribution in [0.3, 0.4) is 0 Å². The third-order valence-corrected chi connectivity index (χ3v) is 7.33. The molecule has 38 heavy (non-hydrogen) atoms. The molecule has 4 aromatic carbocycles. The quantitative estimate of drug-likeness (QED) is 0.211. The van der Waals surface area contributed by atoms with Crippen LogP contribution in [0.15, 0.2) is 113 Å². The maximum atomic E-state index is 14.5. The molecule has 7 nitrogen and oxygen atoms in total. The first-order chi connectivity index (χ1) is 18.3. The van der Waals surface area contributed by atoms with Gasteiger partial charge in [0, 0.05) is 5.02 Å². The lowest BCUT2D eigenvalue weighted by molar-refractivity contribution is -0.119. The van der Waals surface area contributed by atoms with Crippen LogP contribution in [-0.4, -0.2) is 27.1 Å². The maximum absolute atomic E-state index is 14.5. The minimum Gasteiger partial charge on any atom is -0.489 e. The molecule has 0 fully saturated rings. The largest absolute Gasteiger partial charge is 0.489 e. The lowest BCUT2D eigenvalue weighted by atomic mass is 10.2. The molecule has 10 heteroatoms. The van der Waals surface area contributed by atoms with Crippen LogP contribution in [0.5, 0.6) is 5.75 Å². The molecule has 0 aliphatic rings. The smallest absolute Gasteiger partial charge is 0.264 e. The number of nitrogens with zero attached hydrogens (tertiary/aromatic N) is 2. The number of halogens is 2. The normalized spacial score (nSPS) is 11.3. The molecule has 0 unspecified atom stereocenters. The van der Waals surface area contributed by atoms with Crippen molar-refractivity contribution in [1.82, 2.24) is 5.43 Å². The summed E-state index contributed by atoms with van der Waals surface area (Å²) in [6.45, 7) is -0.319. The van der Waals surface area contributed by atoms with Gasteiger partial charge in [0.15, 0.2) is 0 Å². The van der Waals surface area contributed by atoms with Crippen LogP contribution in [0.25, 0.3) is 0 Å². The highest BCUT2D eigenvalue weighted by atomic mass is 35.5. The molecule has 0 aliphatic heterocycles. The Morgan fingerprint density at radius 1 is 0.947 bits per heavy atom. The number of ether oxygens (including phenoxy) is 1. The first-order valence-corrected chi connectivity index (χ1v) is 13.3. The monoisotopic (exact) mass is 551 g/mol. The van der Waals surface area contributed by atoms with Crippen molar-refractivity contribution in [2.75, 3.05) is 10.8 Å². The molecule has 0 saturated heterocycles. The number of rotatable bonds is 10. The highest BCUT2D eigenvalue weighted by Gasteiger charge is 2.28. The minimum atomic E-state index is -4.22. The zero-order chi connectivity index (χ0) is 27.0. The van der Waals surface area contributed by atoms with Gasteiger partial charge in [-0.25, -0.2) is 18.2 Å². The van der Waals surface area contributed by atoms with Gasteiger partial charge < -0.3 is 4.74 Å². The Kier molecular flexibility index (Phi) is 8.73. The maximum Gasteiger partial charge on any atom is 0.264 e. The van der Waals surface area contributed by atoms with Gasteiger partial charge >= 0.3 is 0 Å². The predicted octanol–water partition coefficient (Wildman–Crippen LogP) is 5.40. The van der Waals surface area contributed by atoms with E-state index < -0.39 is 28.3 Å². The molecule has 0 heterocycles. The van der Waals surface area contributed by atoms with E-state index in [0.29, 0.717) is 27.2 Å². The van der Waals surface area contributed by atoms with Gasteiger partial charge in [-0.15, -0.1) is 0 Å². The number of nitrogens with one attached hydrogen (secondary N) is 1. The van der Waals surface area contributed by atoms with Crippen LogP contribution in [-0.2, 0) is 21.4 Å². The fourth-order valence-corrected chi connectivity index (χ4v) is 5.12.